The summed E-state index contributed by atoms with van der Waals surface area (Å²) in [5.74, 6) is -4.63. The topological polar surface area (TPSA) is 72.2 Å². The number of nitro benzene ring substituents is 1. The Labute approximate surface area is 108 Å². The second-order valence-electron chi connectivity index (χ2n) is 3.63. The van der Waals surface area contributed by atoms with Gasteiger partial charge < -0.3 is 5.32 Å². The van der Waals surface area contributed by atoms with Crippen LogP contribution < -0.4 is 5.32 Å². The van der Waals surface area contributed by atoms with E-state index in [2.05, 4.69) is 0 Å². The molecule has 1 amide bonds. The molecular formula is C10H7F5N2O3. The summed E-state index contributed by atoms with van der Waals surface area (Å²) in [6.45, 7) is -0.899. The van der Waals surface area contributed by atoms with Gasteiger partial charge in [0.05, 0.1) is 11.3 Å². The number of nitrogens with one attached hydrogen (secondary N) is 1. The van der Waals surface area contributed by atoms with Crippen LogP contribution in [0.3, 0.4) is 0 Å². The Morgan fingerprint density at radius 3 is 2.40 bits per heavy atom. The molecule has 0 heterocycles. The zero-order valence-electron chi connectivity index (χ0n) is 9.63. The van der Waals surface area contributed by atoms with Crippen LogP contribution >= 0.6 is 0 Å². The van der Waals surface area contributed by atoms with Crippen molar-refractivity contribution in [3.8, 4) is 0 Å². The Balaban J connectivity index is 2.93. The number of rotatable bonds is 4. The van der Waals surface area contributed by atoms with Gasteiger partial charge in [-0.25, -0.2) is 4.39 Å². The van der Waals surface area contributed by atoms with E-state index in [0.29, 0.717) is 12.1 Å². The van der Waals surface area contributed by atoms with Crippen LogP contribution in [0.1, 0.15) is 16.8 Å². The first kappa shape index (κ1) is 15.8. The van der Waals surface area contributed by atoms with Crippen LogP contribution in [0, 0.1) is 21.7 Å². The van der Waals surface area contributed by atoms with E-state index in [0.717, 1.165) is 0 Å². The van der Waals surface area contributed by atoms with Crippen molar-refractivity contribution in [1.29, 1.82) is 0 Å². The number of hydrogen-bond acceptors (Lipinski definition) is 3. The Hall–Kier alpha value is -2.26. The molecule has 0 atom stereocenters. The third kappa shape index (κ3) is 3.87. The zero-order chi connectivity index (χ0) is 15.5. The molecule has 20 heavy (non-hydrogen) atoms. The fraction of sp³-hybridized carbons (Fsp3) is 0.300. The van der Waals surface area contributed by atoms with Crippen molar-refractivity contribution in [2.45, 2.75) is 12.6 Å². The maximum Gasteiger partial charge on any atom is 0.390 e. The number of nitrogens with zero attached hydrogens (tertiary/aromatic N) is 1. The Morgan fingerprint density at radius 2 is 1.90 bits per heavy atom. The van der Waals surface area contributed by atoms with Crippen molar-refractivity contribution in [2.24, 2.45) is 0 Å². The molecule has 0 fully saturated rings. The summed E-state index contributed by atoms with van der Waals surface area (Å²) in [6.07, 6.45) is -5.94. The van der Waals surface area contributed by atoms with Crippen LogP contribution in [0.15, 0.2) is 12.1 Å². The molecule has 110 valence electrons. The second-order valence-corrected chi connectivity index (χ2v) is 3.63. The molecule has 0 aliphatic heterocycles. The molecule has 0 unspecified atom stereocenters. The highest BCUT2D eigenvalue weighted by molar-refractivity contribution is 5.95. The summed E-state index contributed by atoms with van der Waals surface area (Å²) in [6, 6.07) is 0.997. The molecule has 1 N–H and O–H groups in total. The quantitative estimate of drug-likeness (QED) is 0.527. The van der Waals surface area contributed by atoms with Crippen molar-refractivity contribution in [1.82, 2.24) is 5.32 Å². The van der Waals surface area contributed by atoms with Crippen molar-refractivity contribution < 1.29 is 31.7 Å². The lowest BCUT2D eigenvalue weighted by Gasteiger charge is -2.09. The predicted molar refractivity (Wildman–Crippen MR) is 56.0 cm³/mol. The van der Waals surface area contributed by atoms with Crippen molar-refractivity contribution in [3.63, 3.8) is 0 Å². The summed E-state index contributed by atoms with van der Waals surface area (Å²) in [4.78, 5) is 20.6. The Bertz CT molecular complexity index is 544. The van der Waals surface area contributed by atoms with Gasteiger partial charge in [-0.1, -0.05) is 0 Å². The van der Waals surface area contributed by atoms with E-state index < -0.39 is 52.9 Å². The lowest BCUT2D eigenvalue weighted by atomic mass is 10.1. The average molecular weight is 298 g/mol. The molecule has 5 nitrogen and oxygen atoms in total. The van der Waals surface area contributed by atoms with E-state index in [9.17, 15) is 36.9 Å². The predicted octanol–water partition coefficient (Wildman–Crippen LogP) is 2.56. The zero-order valence-corrected chi connectivity index (χ0v) is 9.63. The normalized spacial score (nSPS) is 11.2. The second kappa shape index (κ2) is 5.80. The van der Waals surface area contributed by atoms with Gasteiger partial charge in [0, 0.05) is 12.6 Å². The van der Waals surface area contributed by atoms with Gasteiger partial charge in [0.25, 0.3) is 5.91 Å². The summed E-state index contributed by atoms with van der Waals surface area (Å²) >= 11 is 0. The van der Waals surface area contributed by atoms with Gasteiger partial charge in [-0.15, -0.1) is 0 Å². The molecule has 0 saturated carbocycles. The van der Waals surface area contributed by atoms with E-state index in [-0.39, 0.29) is 0 Å². The molecule has 1 aromatic rings. The molecule has 10 heteroatoms. The first-order valence-corrected chi connectivity index (χ1v) is 5.11. The summed E-state index contributed by atoms with van der Waals surface area (Å²) in [5.41, 5.74) is -2.44. The van der Waals surface area contributed by atoms with Gasteiger partial charge in [0.2, 0.25) is 5.82 Å². The minimum atomic E-state index is -4.55. The van der Waals surface area contributed by atoms with Gasteiger partial charge in [0.15, 0.2) is 0 Å². The first-order valence-electron chi connectivity index (χ1n) is 5.11. The highest BCUT2D eigenvalue weighted by atomic mass is 19.4. The van der Waals surface area contributed by atoms with Crippen molar-refractivity contribution in [3.05, 3.63) is 39.4 Å². The van der Waals surface area contributed by atoms with Gasteiger partial charge >= 0.3 is 11.9 Å². The number of benzene rings is 1. The lowest BCUT2D eigenvalue weighted by molar-refractivity contribution is -0.387. The minimum absolute atomic E-state index is 0.486. The maximum absolute atomic E-state index is 13.5. The first-order chi connectivity index (χ1) is 9.13. The highest BCUT2D eigenvalue weighted by Crippen LogP contribution is 2.23. The summed E-state index contributed by atoms with van der Waals surface area (Å²) in [7, 11) is 0. The molecule has 1 rings (SSSR count). The monoisotopic (exact) mass is 298 g/mol. The molecular weight excluding hydrogens is 291 g/mol. The van der Waals surface area contributed by atoms with Crippen LogP contribution in [-0.2, 0) is 0 Å². The molecule has 0 radical (unpaired) electrons. The van der Waals surface area contributed by atoms with E-state index in [4.69, 9.17) is 0 Å². The number of alkyl halides is 3. The van der Waals surface area contributed by atoms with Crippen LogP contribution in [0.5, 0.6) is 0 Å². The number of hydrogen-bond donors (Lipinski definition) is 1. The third-order valence-electron chi connectivity index (χ3n) is 2.19. The molecule has 0 aliphatic carbocycles. The number of carbonyl (C=O) groups excluding carboxylic acids is 1. The third-order valence-corrected chi connectivity index (χ3v) is 2.19. The maximum atomic E-state index is 13.5. The molecule has 1 aromatic carbocycles. The fourth-order valence-corrected chi connectivity index (χ4v) is 1.30. The Morgan fingerprint density at radius 1 is 1.30 bits per heavy atom. The lowest BCUT2D eigenvalue weighted by Crippen LogP contribution is -2.29. The number of halogens is 5. The summed E-state index contributed by atoms with van der Waals surface area (Å²) < 4.78 is 62.3. The van der Waals surface area contributed by atoms with Gasteiger partial charge in [-0.3, -0.25) is 14.9 Å². The van der Waals surface area contributed by atoms with E-state index in [1.54, 1.807) is 5.32 Å². The highest BCUT2D eigenvalue weighted by Gasteiger charge is 2.29. The molecule has 0 bridgehead atoms. The molecule has 0 aliphatic rings. The largest absolute Gasteiger partial charge is 0.390 e. The van der Waals surface area contributed by atoms with E-state index >= 15 is 0 Å². The number of nitro groups is 1. The standard InChI is InChI=1S/C10H7F5N2O3/c11-5-1-2-6(17(19)20)8(12)7(5)9(18)16-4-3-10(13,14)15/h1-2H,3-4H2,(H,16,18). The van der Waals surface area contributed by atoms with Gasteiger partial charge in [-0.05, 0) is 6.07 Å². The van der Waals surface area contributed by atoms with Crippen LogP contribution in [0.2, 0.25) is 0 Å². The molecule has 0 saturated heterocycles. The van der Waals surface area contributed by atoms with Gasteiger partial charge in [-0.2, -0.15) is 17.6 Å². The molecule has 0 spiro atoms. The fourth-order valence-electron chi connectivity index (χ4n) is 1.30. The van der Waals surface area contributed by atoms with Crippen molar-refractivity contribution >= 4 is 11.6 Å². The van der Waals surface area contributed by atoms with Crippen LogP contribution in [0.25, 0.3) is 0 Å². The van der Waals surface area contributed by atoms with Crippen LogP contribution in [0.4, 0.5) is 27.6 Å². The number of carbonyl (C=O) groups is 1. The summed E-state index contributed by atoms with van der Waals surface area (Å²) in [5, 5.41) is 12.1. The van der Waals surface area contributed by atoms with Crippen LogP contribution in [-0.4, -0.2) is 23.6 Å². The Kier molecular flexibility index (Phi) is 4.58. The smallest absolute Gasteiger partial charge is 0.352 e. The number of amides is 1. The minimum Gasteiger partial charge on any atom is -0.352 e. The van der Waals surface area contributed by atoms with E-state index in [1.165, 1.54) is 0 Å². The van der Waals surface area contributed by atoms with E-state index in [1.807, 2.05) is 0 Å². The van der Waals surface area contributed by atoms with Crippen molar-refractivity contribution in [2.75, 3.05) is 6.54 Å². The van der Waals surface area contributed by atoms with Gasteiger partial charge in [0.1, 0.15) is 11.4 Å². The SMILES string of the molecule is O=C(NCCC(F)(F)F)c1c(F)ccc([N+](=O)[O-])c1F. The average Bonchev–Trinajstić information content (AvgIpc) is 2.26. The molecule has 0 aromatic heterocycles.